The lowest BCUT2D eigenvalue weighted by Crippen LogP contribution is -2.33. The second kappa shape index (κ2) is 7.77. The van der Waals surface area contributed by atoms with E-state index in [4.69, 9.17) is 1.37 Å². The summed E-state index contributed by atoms with van der Waals surface area (Å²) in [6.45, 7) is 1.17. The Morgan fingerprint density at radius 3 is 2.94 bits per heavy atom. The number of rotatable bonds is 3. The van der Waals surface area contributed by atoms with Gasteiger partial charge in [0.2, 0.25) is 0 Å². The number of fused-ring (bicyclic) bond motifs is 1. The molecule has 0 spiro atoms. The predicted molar refractivity (Wildman–Crippen MR) is 110 cm³/mol. The molecular weight excluding hydrogens is 406 g/mol. The molecule has 0 saturated carbocycles. The highest BCUT2D eigenvalue weighted by Crippen LogP contribution is 2.37. The zero-order valence-electron chi connectivity index (χ0n) is 17.6. The molecule has 162 valence electrons. The number of β-amino-alcohol motifs (C(OH)–C–C–N with tert-alkyl or cyclic N) is 1. The lowest BCUT2D eigenvalue weighted by molar-refractivity contribution is 0.176. The van der Waals surface area contributed by atoms with Crippen LogP contribution in [0.25, 0.3) is 5.65 Å². The molecule has 31 heavy (non-hydrogen) atoms. The summed E-state index contributed by atoms with van der Waals surface area (Å²) < 4.78 is 38.8. The topological polar surface area (TPSA) is 86.0 Å². The average Bonchev–Trinajstić information content (AvgIpc) is 3.49. The number of benzene rings is 1. The Balaban J connectivity index is 1.47. The van der Waals surface area contributed by atoms with Crippen molar-refractivity contribution in [2.75, 3.05) is 29.9 Å². The van der Waals surface area contributed by atoms with Crippen LogP contribution in [-0.2, 0) is 0 Å². The monoisotopic (exact) mass is 429 g/mol. The van der Waals surface area contributed by atoms with Crippen molar-refractivity contribution in [2.24, 2.45) is 0 Å². The van der Waals surface area contributed by atoms with Crippen molar-refractivity contribution < 1.29 is 20.1 Å². The first kappa shape index (κ1) is 18.5. The maximum Gasteiger partial charge on any atom is 0.322 e. The van der Waals surface area contributed by atoms with E-state index in [0.29, 0.717) is 49.5 Å². The van der Waals surface area contributed by atoms with Crippen molar-refractivity contribution in [3.8, 4) is 0 Å². The zero-order valence-corrected chi connectivity index (χ0v) is 16.6. The van der Waals surface area contributed by atoms with E-state index in [2.05, 4.69) is 15.4 Å². The molecule has 0 bridgehead atoms. The highest BCUT2D eigenvalue weighted by Gasteiger charge is 2.30. The van der Waals surface area contributed by atoms with Crippen LogP contribution in [0, 0.1) is 11.6 Å². The van der Waals surface area contributed by atoms with E-state index in [1.165, 1.54) is 15.6 Å². The molecule has 2 N–H and O–H groups in total. The van der Waals surface area contributed by atoms with Crippen molar-refractivity contribution in [1.29, 1.82) is 0 Å². The normalized spacial score (nSPS) is 24.1. The van der Waals surface area contributed by atoms with Gasteiger partial charge in [-0.05, 0) is 43.5 Å². The standard InChI is InChI=1S/C21H22F2N6O2/c22-13-3-4-16(23)15(10-13)18-2-1-7-28(18)19-6-9-29-20(26-19)17(11-24-29)25-21(31)27-8-5-14(30)12-27/h3-4,6,9-11,14,18,30H,1-2,5,7-8,12H2,(H,25,31)/t14-,18+/m0/s1/i18D. The van der Waals surface area contributed by atoms with E-state index in [1.54, 1.807) is 17.2 Å². The summed E-state index contributed by atoms with van der Waals surface area (Å²) >= 11 is 0. The number of carbonyl (C=O) groups excluding carboxylic acids is 1. The maximum absolute atomic E-state index is 14.5. The first-order valence-corrected chi connectivity index (χ1v) is 10.2. The van der Waals surface area contributed by atoms with Crippen LogP contribution in [0.3, 0.4) is 0 Å². The molecular formula is C21H22F2N6O2. The van der Waals surface area contributed by atoms with Crippen molar-refractivity contribution in [1.82, 2.24) is 19.5 Å². The van der Waals surface area contributed by atoms with Gasteiger partial charge < -0.3 is 20.2 Å². The first-order valence-electron chi connectivity index (χ1n) is 10.7. The first-order chi connectivity index (χ1) is 15.3. The Hall–Kier alpha value is -3.27. The molecule has 0 unspecified atom stereocenters. The molecule has 2 amide bonds. The molecule has 5 rings (SSSR count). The SMILES string of the molecule is [2H][C@]1(c2cc(F)ccc2F)CCCN1c1ccn2ncc(NC(=O)N3CC[C@H](O)C3)c2n1. The number of halogens is 2. The predicted octanol–water partition coefficient (Wildman–Crippen LogP) is 2.95. The second-order valence-electron chi connectivity index (χ2n) is 7.76. The van der Waals surface area contributed by atoms with Gasteiger partial charge in [0.25, 0.3) is 0 Å². The molecule has 0 radical (unpaired) electrons. The number of nitrogens with zero attached hydrogens (tertiary/aromatic N) is 5. The number of aliphatic hydroxyl groups is 1. The average molecular weight is 429 g/mol. The van der Waals surface area contributed by atoms with Crippen molar-refractivity contribution in [3.63, 3.8) is 0 Å². The summed E-state index contributed by atoms with van der Waals surface area (Å²) in [6, 6.07) is 2.93. The third kappa shape index (κ3) is 3.67. The van der Waals surface area contributed by atoms with Gasteiger partial charge in [-0.2, -0.15) is 5.10 Å². The van der Waals surface area contributed by atoms with Gasteiger partial charge in [-0.25, -0.2) is 23.1 Å². The molecule has 8 nitrogen and oxygen atoms in total. The maximum atomic E-state index is 14.5. The molecule has 10 heteroatoms. The van der Waals surface area contributed by atoms with Crippen LogP contribution < -0.4 is 10.2 Å². The van der Waals surface area contributed by atoms with Gasteiger partial charge in [-0.3, -0.25) is 0 Å². The van der Waals surface area contributed by atoms with Crippen LogP contribution in [0.2, 0.25) is 0 Å². The van der Waals surface area contributed by atoms with Gasteiger partial charge in [0, 0.05) is 31.4 Å². The molecule has 3 aromatic rings. The number of anilines is 2. The summed E-state index contributed by atoms with van der Waals surface area (Å²) in [7, 11) is 0. The van der Waals surface area contributed by atoms with Crippen LogP contribution in [0.15, 0.2) is 36.7 Å². The van der Waals surface area contributed by atoms with E-state index in [0.717, 1.165) is 18.2 Å². The lowest BCUT2D eigenvalue weighted by atomic mass is 10.0. The van der Waals surface area contributed by atoms with Crippen LogP contribution in [0.4, 0.5) is 25.1 Å². The minimum atomic E-state index is -1.51. The summed E-state index contributed by atoms with van der Waals surface area (Å²) in [5.74, 6) is -0.836. The van der Waals surface area contributed by atoms with Gasteiger partial charge >= 0.3 is 6.03 Å². The lowest BCUT2D eigenvalue weighted by Gasteiger charge is -2.26. The summed E-state index contributed by atoms with van der Waals surface area (Å²) in [5, 5.41) is 16.6. The van der Waals surface area contributed by atoms with Crippen LogP contribution in [0.5, 0.6) is 0 Å². The number of aromatic nitrogens is 3. The van der Waals surface area contributed by atoms with E-state index >= 15 is 0 Å². The van der Waals surface area contributed by atoms with E-state index < -0.39 is 23.8 Å². The van der Waals surface area contributed by atoms with Gasteiger partial charge in [0.15, 0.2) is 5.65 Å². The molecule has 2 saturated heterocycles. The van der Waals surface area contributed by atoms with Crippen molar-refractivity contribution in [2.45, 2.75) is 31.4 Å². The molecule has 2 fully saturated rings. The Morgan fingerprint density at radius 1 is 1.26 bits per heavy atom. The van der Waals surface area contributed by atoms with Crippen molar-refractivity contribution in [3.05, 3.63) is 53.9 Å². The fraction of sp³-hybridized carbons (Fsp3) is 0.381. The van der Waals surface area contributed by atoms with Crippen molar-refractivity contribution >= 4 is 23.2 Å². The number of likely N-dealkylation sites (tertiary alicyclic amines) is 1. The largest absolute Gasteiger partial charge is 0.391 e. The summed E-state index contributed by atoms with van der Waals surface area (Å²) in [6.07, 6.45) is 4.06. The van der Waals surface area contributed by atoms with Crippen LogP contribution in [-0.4, -0.2) is 56.4 Å². The molecule has 2 aromatic heterocycles. The number of hydrogen-bond donors (Lipinski definition) is 2. The van der Waals surface area contributed by atoms with Gasteiger partial charge in [-0.15, -0.1) is 0 Å². The molecule has 1 aromatic carbocycles. The Morgan fingerprint density at radius 2 is 2.13 bits per heavy atom. The number of hydrogen-bond acceptors (Lipinski definition) is 5. The van der Waals surface area contributed by atoms with Gasteiger partial charge in [0.1, 0.15) is 23.1 Å². The Kier molecular flexibility index (Phi) is 4.63. The number of amides is 2. The van der Waals surface area contributed by atoms with E-state index in [-0.39, 0.29) is 18.1 Å². The molecule has 2 aliphatic heterocycles. The van der Waals surface area contributed by atoms with Crippen LogP contribution in [0.1, 0.15) is 32.2 Å². The quantitative estimate of drug-likeness (QED) is 0.669. The fourth-order valence-corrected chi connectivity index (χ4v) is 4.14. The molecule has 0 aliphatic carbocycles. The number of carbonyl (C=O) groups is 1. The highest BCUT2D eigenvalue weighted by atomic mass is 19.1. The summed E-state index contributed by atoms with van der Waals surface area (Å²) in [5.41, 5.74) is 0.709. The third-order valence-corrected chi connectivity index (χ3v) is 5.68. The molecule has 4 heterocycles. The highest BCUT2D eigenvalue weighted by molar-refractivity contribution is 5.93. The minimum Gasteiger partial charge on any atom is -0.391 e. The van der Waals surface area contributed by atoms with Crippen LogP contribution >= 0.6 is 0 Å². The molecule has 2 aliphatic rings. The van der Waals surface area contributed by atoms with Gasteiger partial charge in [0.05, 0.1) is 19.7 Å². The molecule has 2 atom stereocenters. The smallest absolute Gasteiger partial charge is 0.322 e. The van der Waals surface area contributed by atoms with E-state index in [1.807, 2.05) is 0 Å². The van der Waals surface area contributed by atoms with Gasteiger partial charge in [-0.1, -0.05) is 0 Å². The zero-order chi connectivity index (χ0) is 22.5. The third-order valence-electron chi connectivity index (χ3n) is 5.68. The van der Waals surface area contributed by atoms with E-state index in [9.17, 15) is 18.7 Å². The second-order valence-corrected chi connectivity index (χ2v) is 7.76. The minimum absolute atomic E-state index is 0.0358. The number of aliphatic hydroxyl groups excluding tert-OH is 1. The Bertz CT molecular complexity index is 1190. The number of urea groups is 1. The fourth-order valence-electron chi connectivity index (χ4n) is 4.14. The summed E-state index contributed by atoms with van der Waals surface area (Å²) in [4.78, 5) is 20.3. The Labute approximate surface area is 178 Å². The number of nitrogens with one attached hydrogen (secondary N) is 1.